The average Bonchev–Trinajstić information content (AvgIpc) is 2.79. The number of halogens is 1. The van der Waals surface area contributed by atoms with Crippen LogP contribution in [0.4, 0.5) is 5.69 Å². The third-order valence-electron chi connectivity index (χ3n) is 6.43. The Morgan fingerprint density at radius 3 is 2.59 bits per heavy atom. The van der Waals surface area contributed by atoms with Crippen LogP contribution in [0.1, 0.15) is 17.5 Å². The molecule has 0 aliphatic carbocycles. The number of piperidine rings is 1. The van der Waals surface area contributed by atoms with E-state index in [0.717, 1.165) is 13.0 Å². The van der Waals surface area contributed by atoms with Gasteiger partial charge in [0.2, 0.25) is 17.7 Å². The number of carbonyl (C=O) groups excluding carboxylic acids is 3. The number of nitrogens with zero attached hydrogens (tertiary/aromatic N) is 1. The summed E-state index contributed by atoms with van der Waals surface area (Å²) in [6, 6.07) is 15.1. The monoisotopic (exact) mass is 453 g/mol. The number of fused-ring (bicyclic) bond motifs is 2. The van der Waals surface area contributed by atoms with Crippen LogP contribution in [0.25, 0.3) is 0 Å². The lowest BCUT2D eigenvalue weighted by molar-refractivity contribution is -0.147. The summed E-state index contributed by atoms with van der Waals surface area (Å²) in [5.41, 5.74) is 2.99. The van der Waals surface area contributed by atoms with Crippen LogP contribution < -0.4 is 21.3 Å². The van der Waals surface area contributed by atoms with Gasteiger partial charge in [0.25, 0.3) is 0 Å². The number of amides is 3. The van der Waals surface area contributed by atoms with Gasteiger partial charge in [0.1, 0.15) is 6.29 Å². The van der Waals surface area contributed by atoms with E-state index in [0.29, 0.717) is 17.3 Å². The first-order valence-electron chi connectivity index (χ1n) is 10.7. The van der Waals surface area contributed by atoms with Gasteiger partial charge in [0.15, 0.2) is 0 Å². The smallest absolute Gasteiger partial charge is 0.229 e. The van der Waals surface area contributed by atoms with Gasteiger partial charge >= 0.3 is 0 Å². The molecule has 3 heterocycles. The van der Waals surface area contributed by atoms with Crippen molar-refractivity contribution in [1.82, 2.24) is 20.9 Å². The maximum absolute atomic E-state index is 13.1. The highest BCUT2D eigenvalue weighted by atomic mass is 35.5. The van der Waals surface area contributed by atoms with Gasteiger partial charge in [-0.05, 0) is 29.7 Å². The van der Waals surface area contributed by atoms with Crippen LogP contribution in [0, 0.1) is 11.8 Å². The molecule has 2 saturated heterocycles. The van der Waals surface area contributed by atoms with Crippen LogP contribution in [0.2, 0.25) is 5.02 Å². The van der Waals surface area contributed by atoms with E-state index in [1.54, 1.807) is 24.3 Å². The Kier molecular flexibility index (Phi) is 5.58. The van der Waals surface area contributed by atoms with Gasteiger partial charge in [0.05, 0.1) is 28.7 Å². The molecule has 4 N–H and O–H groups in total. The second-order valence-electron chi connectivity index (χ2n) is 8.42. The largest absolute Gasteiger partial charge is 0.340 e. The minimum atomic E-state index is -0.805. The predicted octanol–water partition coefficient (Wildman–Crippen LogP) is 1.42. The Balaban J connectivity index is 1.32. The van der Waals surface area contributed by atoms with Gasteiger partial charge in [-0.3, -0.25) is 24.6 Å². The lowest BCUT2D eigenvalue weighted by Gasteiger charge is -2.47. The lowest BCUT2D eigenvalue weighted by atomic mass is 9.81. The molecule has 5 rings (SSSR count). The number of hydrogen-bond donors (Lipinski definition) is 4. The second kappa shape index (κ2) is 8.54. The van der Waals surface area contributed by atoms with E-state index >= 15 is 0 Å². The molecular formula is C23H24ClN5O3. The Bertz CT molecular complexity index is 1080. The number of carbonyl (C=O) groups is 3. The second-order valence-corrected chi connectivity index (χ2v) is 8.82. The van der Waals surface area contributed by atoms with E-state index < -0.39 is 30.2 Å². The van der Waals surface area contributed by atoms with Crippen molar-refractivity contribution in [1.29, 1.82) is 0 Å². The van der Waals surface area contributed by atoms with Crippen molar-refractivity contribution in [3.63, 3.8) is 0 Å². The summed E-state index contributed by atoms with van der Waals surface area (Å²) in [6.45, 7) is 1.46. The summed E-state index contributed by atoms with van der Waals surface area (Å²) in [5, 5.41) is 12.4. The van der Waals surface area contributed by atoms with Crippen LogP contribution in [-0.4, -0.2) is 41.6 Å². The summed E-state index contributed by atoms with van der Waals surface area (Å²) in [4.78, 5) is 40.7. The van der Waals surface area contributed by atoms with Crippen molar-refractivity contribution >= 4 is 35.0 Å². The van der Waals surface area contributed by atoms with E-state index in [-0.39, 0.29) is 18.2 Å². The summed E-state index contributed by atoms with van der Waals surface area (Å²) >= 11 is 6.15. The molecule has 0 bridgehead atoms. The van der Waals surface area contributed by atoms with Crippen LogP contribution in [0.3, 0.4) is 0 Å². The molecule has 3 aliphatic rings. The van der Waals surface area contributed by atoms with Crippen LogP contribution in [-0.2, 0) is 27.3 Å². The number of benzene rings is 2. The molecule has 2 aromatic rings. The number of anilines is 1. The maximum Gasteiger partial charge on any atom is 0.229 e. The number of nitrogens with one attached hydrogen (secondary N) is 4. The highest BCUT2D eigenvalue weighted by Crippen LogP contribution is 2.30. The summed E-state index contributed by atoms with van der Waals surface area (Å²) < 4.78 is 0. The minimum Gasteiger partial charge on any atom is -0.340 e. The molecule has 0 spiro atoms. The molecule has 4 unspecified atom stereocenters. The molecule has 32 heavy (non-hydrogen) atoms. The number of hydrogen-bond acceptors (Lipinski definition) is 5. The van der Waals surface area contributed by atoms with Crippen molar-refractivity contribution in [3.05, 3.63) is 64.7 Å². The predicted molar refractivity (Wildman–Crippen MR) is 119 cm³/mol. The first-order valence-corrected chi connectivity index (χ1v) is 11.1. The lowest BCUT2D eigenvalue weighted by Crippen LogP contribution is -2.74. The molecule has 0 aromatic heterocycles. The van der Waals surface area contributed by atoms with E-state index in [1.165, 1.54) is 11.1 Å². The third kappa shape index (κ3) is 3.97. The SMILES string of the molecule is O=C1CC(C(=O)Nc2ccccc2Cl)C2C(=O)NC(N3CCc4ccccc4C3)NC2N1. The Labute approximate surface area is 190 Å². The molecule has 2 fully saturated rings. The van der Waals surface area contributed by atoms with Crippen molar-refractivity contribution in [3.8, 4) is 0 Å². The van der Waals surface area contributed by atoms with Gasteiger partial charge in [-0.2, -0.15) is 0 Å². The van der Waals surface area contributed by atoms with Crippen molar-refractivity contribution in [2.75, 3.05) is 11.9 Å². The molecule has 8 nitrogen and oxygen atoms in total. The van der Waals surface area contributed by atoms with E-state index in [2.05, 4.69) is 38.3 Å². The molecule has 9 heteroatoms. The van der Waals surface area contributed by atoms with Gasteiger partial charge < -0.3 is 16.0 Å². The number of rotatable bonds is 3. The Morgan fingerprint density at radius 1 is 1.03 bits per heavy atom. The van der Waals surface area contributed by atoms with Gasteiger partial charge in [-0.25, -0.2) is 0 Å². The fourth-order valence-electron chi connectivity index (χ4n) is 4.78. The topological polar surface area (TPSA) is 103 Å². The zero-order chi connectivity index (χ0) is 22.2. The summed E-state index contributed by atoms with van der Waals surface area (Å²) in [6.07, 6.45) is -0.237. The van der Waals surface area contributed by atoms with E-state index in [9.17, 15) is 14.4 Å². The fraction of sp³-hybridized carbons (Fsp3) is 0.348. The summed E-state index contributed by atoms with van der Waals surface area (Å²) in [7, 11) is 0. The number of para-hydroxylation sites is 1. The highest BCUT2D eigenvalue weighted by molar-refractivity contribution is 6.33. The molecular weight excluding hydrogens is 430 g/mol. The van der Waals surface area contributed by atoms with Gasteiger partial charge in [-0.1, -0.05) is 48.0 Å². The van der Waals surface area contributed by atoms with Gasteiger partial charge in [0, 0.05) is 19.5 Å². The Hall–Kier alpha value is -2.94. The Morgan fingerprint density at radius 2 is 1.78 bits per heavy atom. The molecule has 3 amide bonds. The molecule has 0 saturated carbocycles. The molecule has 0 radical (unpaired) electrons. The van der Waals surface area contributed by atoms with Crippen LogP contribution in [0.5, 0.6) is 0 Å². The third-order valence-corrected chi connectivity index (χ3v) is 6.76. The van der Waals surface area contributed by atoms with Crippen LogP contribution >= 0.6 is 11.6 Å². The van der Waals surface area contributed by atoms with Crippen molar-refractivity contribution < 1.29 is 14.4 Å². The van der Waals surface area contributed by atoms with Crippen LogP contribution in [0.15, 0.2) is 48.5 Å². The normalized spacial score (nSPS) is 27.5. The van der Waals surface area contributed by atoms with Crippen molar-refractivity contribution in [2.45, 2.75) is 31.8 Å². The summed E-state index contributed by atoms with van der Waals surface area (Å²) in [5.74, 6) is -2.44. The molecule has 3 aliphatic heterocycles. The molecule has 166 valence electrons. The minimum absolute atomic E-state index is 0.0612. The average molecular weight is 454 g/mol. The maximum atomic E-state index is 13.1. The quantitative estimate of drug-likeness (QED) is 0.563. The first-order chi connectivity index (χ1) is 15.5. The standard InChI is InChI=1S/C23H24ClN5O3/c24-16-7-3-4-8-17(16)25-21(31)15-11-18(30)26-20-19(15)22(32)28-23(27-20)29-10-9-13-5-1-2-6-14(13)12-29/h1-8,15,19-20,23,27H,9-12H2,(H,25,31)(H,26,30)(H,28,32). The van der Waals surface area contributed by atoms with Gasteiger partial charge in [-0.15, -0.1) is 0 Å². The molecule has 4 atom stereocenters. The van der Waals surface area contributed by atoms with E-state index in [1.807, 2.05) is 12.1 Å². The van der Waals surface area contributed by atoms with E-state index in [4.69, 9.17) is 11.6 Å². The zero-order valence-corrected chi connectivity index (χ0v) is 18.1. The highest BCUT2D eigenvalue weighted by Gasteiger charge is 2.49. The molecule has 2 aromatic carbocycles. The van der Waals surface area contributed by atoms with Crippen molar-refractivity contribution in [2.24, 2.45) is 11.8 Å². The zero-order valence-electron chi connectivity index (χ0n) is 17.3. The fourth-order valence-corrected chi connectivity index (χ4v) is 4.96. The first kappa shape index (κ1) is 20.9.